The lowest BCUT2D eigenvalue weighted by Crippen LogP contribution is -1.89. The number of hydrogen-bond acceptors (Lipinski definition) is 7. The van der Waals surface area contributed by atoms with Gasteiger partial charge in [-0.05, 0) is 18.4 Å². The zero-order valence-corrected chi connectivity index (χ0v) is 12.0. The van der Waals surface area contributed by atoms with E-state index < -0.39 is 0 Å². The van der Waals surface area contributed by atoms with E-state index in [1.165, 1.54) is 11.3 Å². The molecule has 1 aromatic carbocycles. The molecule has 0 atom stereocenters. The number of hydrogen-bond donors (Lipinski definition) is 1. The number of rotatable bonds is 2. The van der Waals surface area contributed by atoms with Crippen LogP contribution >= 0.6 is 23.1 Å². The van der Waals surface area contributed by atoms with Crippen molar-refractivity contribution in [2.24, 2.45) is 0 Å². The molecule has 4 rings (SSSR count). The predicted octanol–water partition coefficient (Wildman–Crippen LogP) is 2.90. The normalized spacial score (nSPS) is 11.7. The summed E-state index contributed by atoms with van der Waals surface area (Å²) in [4.78, 5) is 9.59. The first-order chi connectivity index (χ1) is 9.76. The van der Waals surface area contributed by atoms with E-state index in [2.05, 4.69) is 15.1 Å². The lowest BCUT2D eigenvalue weighted by atomic mass is 10.3. The summed E-state index contributed by atoms with van der Waals surface area (Å²) in [7, 11) is 0. The molecule has 3 aromatic heterocycles. The maximum atomic E-state index is 5.90. The van der Waals surface area contributed by atoms with Crippen LogP contribution < -0.4 is 5.73 Å². The minimum atomic E-state index is 0.475. The zero-order valence-electron chi connectivity index (χ0n) is 10.4. The highest BCUT2D eigenvalue weighted by Crippen LogP contribution is 2.30. The van der Waals surface area contributed by atoms with Crippen LogP contribution in [0.2, 0.25) is 0 Å². The van der Waals surface area contributed by atoms with Gasteiger partial charge in [0.2, 0.25) is 10.9 Å². The molecule has 0 aliphatic heterocycles. The first-order valence-corrected chi connectivity index (χ1v) is 7.84. The minimum absolute atomic E-state index is 0.475. The van der Waals surface area contributed by atoms with E-state index in [1.807, 2.05) is 18.4 Å². The van der Waals surface area contributed by atoms with Gasteiger partial charge in [-0.25, -0.2) is 9.97 Å². The third kappa shape index (κ3) is 1.61. The second kappa shape index (κ2) is 4.22. The standard InChI is InChI=1S/C12H9N5OS2/c1-19-12-16-17-7(5-14-11(17)20-12)10-15-9-6(13)3-2-4-8(9)18-10/h2-5H,13H2,1H3. The van der Waals surface area contributed by atoms with Crippen molar-refractivity contribution >= 4 is 44.8 Å². The van der Waals surface area contributed by atoms with Crippen LogP contribution in [0, 0.1) is 0 Å². The van der Waals surface area contributed by atoms with Crippen molar-refractivity contribution < 1.29 is 4.42 Å². The number of para-hydroxylation sites is 1. The summed E-state index contributed by atoms with van der Waals surface area (Å²) in [5.74, 6) is 0.475. The maximum Gasteiger partial charge on any atom is 0.248 e. The summed E-state index contributed by atoms with van der Waals surface area (Å²) in [6, 6.07) is 5.48. The Bertz CT molecular complexity index is 923. The number of thioether (sulfide) groups is 1. The predicted molar refractivity (Wildman–Crippen MR) is 80.1 cm³/mol. The molecule has 3 heterocycles. The molecule has 0 radical (unpaired) electrons. The molecule has 0 aliphatic rings. The molecule has 100 valence electrons. The van der Waals surface area contributed by atoms with Crippen molar-refractivity contribution in [3.05, 3.63) is 24.4 Å². The van der Waals surface area contributed by atoms with Gasteiger partial charge in [0.1, 0.15) is 11.2 Å². The number of nitrogens with two attached hydrogens (primary N) is 1. The Morgan fingerprint density at radius 2 is 2.30 bits per heavy atom. The minimum Gasteiger partial charge on any atom is -0.435 e. The lowest BCUT2D eigenvalue weighted by Gasteiger charge is -1.89. The van der Waals surface area contributed by atoms with Gasteiger partial charge >= 0.3 is 0 Å². The number of benzene rings is 1. The fourth-order valence-electron chi connectivity index (χ4n) is 1.98. The highest BCUT2D eigenvalue weighted by Gasteiger charge is 2.17. The van der Waals surface area contributed by atoms with E-state index in [0.717, 1.165) is 15.0 Å². The quantitative estimate of drug-likeness (QED) is 0.453. The van der Waals surface area contributed by atoms with Gasteiger partial charge in [0.05, 0.1) is 11.9 Å². The van der Waals surface area contributed by atoms with E-state index in [1.54, 1.807) is 28.5 Å². The summed E-state index contributed by atoms with van der Waals surface area (Å²) < 4.78 is 8.45. The highest BCUT2D eigenvalue weighted by atomic mass is 32.2. The van der Waals surface area contributed by atoms with E-state index >= 15 is 0 Å². The fraction of sp³-hybridized carbons (Fsp3) is 0.0833. The molecular weight excluding hydrogens is 294 g/mol. The fourth-order valence-corrected chi connectivity index (χ4v) is 3.31. The molecule has 6 nitrogen and oxygen atoms in total. The summed E-state index contributed by atoms with van der Waals surface area (Å²) in [5.41, 5.74) is 8.55. The Balaban J connectivity index is 1.96. The summed E-state index contributed by atoms with van der Waals surface area (Å²) in [5, 5.41) is 4.46. The topological polar surface area (TPSA) is 82.2 Å². The van der Waals surface area contributed by atoms with Gasteiger partial charge in [0.15, 0.2) is 9.92 Å². The van der Waals surface area contributed by atoms with Crippen molar-refractivity contribution in [2.45, 2.75) is 4.34 Å². The first-order valence-electron chi connectivity index (χ1n) is 5.80. The summed E-state index contributed by atoms with van der Waals surface area (Å²) >= 11 is 3.12. The van der Waals surface area contributed by atoms with Crippen LogP contribution in [-0.4, -0.2) is 25.8 Å². The van der Waals surface area contributed by atoms with Crippen LogP contribution in [0.25, 0.3) is 27.6 Å². The largest absolute Gasteiger partial charge is 0.435 e. The van der Waals surface area contributed by atoms with Crippen molar-refractivity contribution in [3.63, 3.8) is 0 Å². The van der Waals surface area contributed by atoms with Gasteiger partial charge in [0.25, 0.3) is 0 Å². The maximum absolute atomic E-state index is 5.90. The van der Waals surface area contributed by atoms with Gasteiger partial charge in [-0.15, -0.1) is 5.10 Å². The van der Waals surface area contributed by atoms with Crippen LogP contribution in [0.1, 0.15) is 0 Å². The molecule has 0 fully saturated rings. The molecule has 0 saturated heterocycles. The molecular formula is C12H9N5OS2. The number of fused-ring (bicyclic) bond motifs is 2. The lowest BCUT2D eigenvalue weighted by molar-refractivity contribution is 0.613. The molecule has 8 heteroatoms. The Hall–Kier alpha value is -2.06. The number of nitrogen functional groups attached to an aromatic ring is 1. The van der Waals surface area contributed by atoms with Crippen LogP contribution in [-0.2, 0) is 0 Å². The molecule has 0 spiro atoms. The monoisotopic (exact) mass is 303 g/mol. The van der Waals surface area contributed by atoms with Gasteiger partial charge in [0, 0.05) is 0 Å². The number of oxazole rings is 1. The number of aromatic nitrogens is 4. The van der Waals surface area contributed by atoms with Gasteiger partial charge in [-0.3, -0.25) is 0 Å². The van der Waals surface area contributed by atoms with E-state index in [9.17, 15) is 0 Å². The third-order valence-corrected chi connectivity index (χ3v) is 4.81. The third-order valence-electron chi connectivity index (χ3n) is 2.91. The van der Waals surface area contributed by atoms with Crippen LogP contribution in [0.3, 0.4) is 0 Å². The Morgan fingerprint density at radius 1 is 1.40 bits per heavy atom. The average molecular weight is 303 g/mol. The molecule has 0 amide bonds. The van der Waals surface area contributed by atoms with Crippen molar-refractivity contribution in [1.82, 2.24) is 19.6 Å². The van der Waals surface area contributed by atoms with Gasteiger partial charge in [-0.1, -0.05) is 29.2 Å². The second-order valence-corrected chi connectivity index (χ2v) is 6.13. The summed E-state index contributed by atoms with van der Waals surface area (Å²) in [6.45, 7) is 0. The van der Waals surface area contributed by atoms with Crippen molar-refractivity contribution in [1.29, 1.82) is 0 Å². The number of anilines is 1. The molecule has 4 aromatic rings. The first kappa shape index (κ1) is 11.7. The molecule has 20 heavy (non-hydrogen) atoms. The van der Waals surface area contributed by atoms with Crippen molar-refractivity contribution in [3.8, 4) is 11.6 Å². The smallest absolute Gasteiger partial charge is 0.248 e. The average Bonchev–Trinajstić information content (AvgIpc) is 3.10. The van der Waals surface area contributed by atoms with E-state index in [0.29, 0.717) is 22.7 Å². The second-order valence-electron chi connectivity index (χ2n) is 4.12. The molecule has 0 bridgehead atoms. The Kier molecular flexibility index (Phi) is 2.48. The Morgan fingerprint density at radius 3 is 3.10 bits per heavy atom. The van der Waals surface area contributed by atoms with Crippen LogP contribution in [0.15, 0.2) is 33.2 Å². The number of imidazole rings is 1. The van der Waals surface area contributed by atoms with E-state index in [4.69, 9.17) is 10.2 Å². The van der Waals surface area contributed by atoms with Gasteiger partial charge in [-0.2, -0.15) is 4.52 Å². The molecule has 2 N–H and O–H groups in total. The highest BCUT2D eigenvalue weighted by molar-refractivity contribution is 8.00. The van der Waals surface area contributed by atoms with E-state index in [-0.39, 0.29) is 0 Å². The molecule has 0 aliphatic carbocycles. The SMILES string of the molecule is CSc1nn2c(-c3nc4c(N)cccc4o3)cnc2s1. The van der Waals surface area contributed by atoms with Gasteiger partial charge < -0.3 is 10.2 Å². The Labute approximate surface area is 121 Å². The number of nitrogens with zero attached hydrogens (tertiary/aromatic N) is 4. The van der Waals surface area contributed by atoms with Crippen molar-refractivity contribution in [2.75, 3.05) is 12.0 Å². The summed E-state index contributed by atoms with van der Waals surface area (Å²) in [6.07, 6.45) is 3.70. The molecule has 0 saturated carbocycles. The van der Waals surface area contributed by atoms with Crippen LogP contribution in [0.5, 0.6) is 0 Å². The van der Waals surface area contributed by atoms with Crippen LogP contribution in [0.4, 0.5) is 5.69 Å². The zero-order chi connectivity index (χ0) is 13.7. The molecule has 0 unspecified atom stereocenters.